The van der Waals surface area contributed by atoms with Crippen LogP contribution in [0.1, 0.15) is 41.0 Å². The Labute approximate surface area is 176 Å². The summed E-state index contributed by atoms with van der Waals surface area (Å²) in [5.74, 6) is 0.984. The number of carbonyl (C=O) groups excluding carboxylic acids is 1. The maximum atomic E-state index is 12.1. The quantitative estimate of drug-likeness (QED) is 0.544. The van der Waals surface area contributed by atoms with Crippen molar-refractivity contribution in [2.75, 3.05) is 37.7 Å². The second-order valence-corrected chi connectivity index (χ2v) is 10.3. The van der Waals surface area contributed by atoms with Crippen molar-refractivity contribution in [3.8, 4) is 0 Å². The molecule has 0 radical (unpaired) electrons. The number of anilines is 1. The van der Waals surface area contributed by atoms with E-state index in [0.29, 0.717) is 38.0 Å². The number of hydrogen-bond acceptors (Lipinski definition) is 7. The molecule has 1 aliphatic rings. The molecule has 8 nitrogen and oxygen atoms in total. The number of rotatable bonds is 7. The van der Waals surface area contributed by atoms with Gasteiger partial charge in [-0.1, -0.05) is 46.4 Å². The molecule has 29 heavy (non-hydrogen) atoms. The Morgan fingerprint density at radius 2 is 2.00 bits per heavy atom. The van der Waals surface area contributed by atoms with Gasteiger partial charge in [0.25, 0.3) is 0 Å². The first-order valence-electron chi connectivity index (χ1n) is 10.2. The Kier molecular flexibility index (Phi) is 7.00. The van der Waals surface area contributed by atoms with Gasteiger partial charge in [0.1, 0.15) is 5.82 Å². The predicted octanol–water partition coefficient (Wildman–Crippen LogP) is 2.72. The van der Waals surface area contributed by atoms with E-state index in [4.69, 9.17) is 14.7 Å². The molecule has 0 atom stereocenters. The van der Waals surface area contributed by atoms with Crippen LogP contribution in [0.15, 0.2) is 11.4 Å². The summed E-state index contributed by atoms with van der Waals surface area (Å²) >= 11 is 1.65. The van der Waals surface area contributed by atoms with Crippen LogP contribution in [-0.2, 0) is 16.1 Å². The summed E-state index contributed by atoms with van der Waals surface area (Å²) in [6.45, 7) is 14.6. The lowest BCUT2D eigenvalue weighted by Gasteiger charge is -2.28. The molecule has 1 aliphatic heterocycles. The van der Waals surface area contributed by atoms with E-state index in [9.17, 15) is 4.79 Å². The maximum absolute atomic E-state index is 12.1. The molecule has 0 saturated carbocycles. The Bertz CT molecular complexity index is 839. The van der Waals surface area contributed by atoms with Crippen LogP contribution in [0.3, 0.4) is 0 Å². The standard InChI is InChI=1S/C20H32N6O2S/c1-14(2)29-19-23-17(25-8-10-28-11-9-25)15-13-22-26(18(15)24-19)7-6-21-16(27)12-20(3,4)5/h13-14H,6-12H2,1-5H3,(H,21,27). The van der Waals surface area contributed by atoms with Gasteiger partial charge in [-0.3, -0.25) is 4.79 Å². The van der Waals surface area contributed by atoms with Gasteiger partial charge in [0.05, 0.1) is 31.3 Å². The Balaban J connectivity index is 1.80. The molecule has 1 N–H and O–H groups in total. The van der Waals surface area contributed by atoms with E-state index < -0.39 is 0 Å². The van der Waals surface area contributed by atoms with Crippen LogP contribution in [0.5, 0.6) is 0 Å². The highest BCUT2D eigenvalue weighted by Gasteiger charge is 2.21. The minimum atomic E-state index is -0.0221. The smallest absolute Gasteiger partial charge is 0.220 e. The van der Waals surface area contributed by atoms with Crippen LogP contribution in [0.4, 0.5) is 5.82 Å². The molecule has 3 rings (SSSR count). The van der Waals surface area contributed by atoms with Crippen LogP contribution >= 0.6 is 11.8 Å². The zero-order valence-corrected chi connectivity index (χ0v) is 18.9. The highest BCUT2D eigenvalue weighted by molar-refractivity contribution is 7.99. The van der Waals surface area contributed by atoms with Crippen molar-refractivity contribution in [2.45, 2.75) is 58.0 Å². The topological polar surface area (TPSA) is 85.2 Å². The van der Waals surface area contributed by atoms with Gasteiger partial charge >= 0.3 is 0 Å². The number of carbonyl (C=O) groups is 1. The van der Waals surface area contributed by atoms with E-state index in [0.717, 1.165) is 35.1 Å². The van der Waals surface area contributed by atoms with Crippen LogP contribution in [0.2, 0.25) is 0 Å². The lowest BCUT2D eigenvalue weighted by Crippen LogP contribution is -2.37. The number of hydrogen-bond donors (Lipinski definition) is 1. The SMILES string of the molecule is CC(C)Sc1nc(N2CCOCC2)c2cnn(CCNC(=O)CC(C)(C)C)c2n1. The lowest BCUT2D eigenvalue weighted by atomic mass is 9.92. The first-order chi connectivity index (χ1) is 13.7. The molecule has 0 aromatic carbocycles. The van der Waals surface area contributed by atoms with Crippen molar-refractivity contribution in [3.63, 3.8) is 0 Å². The third-order valence-corrected chi connectivity index (χ3v) is 5.31. The molecule has 3 heterocycles. The van der Waals surface area contributed by atoms with Crippen LogP contribution < -0.4 is 10.2 Å². The van der Waals surface area contributed by atoms with Gasteiger partial charge in [0.15, 0.2) is 10.8 Å². The summed E-state index contributed by atoms with van der Waals surface area (Å²) in [7, 11) is 0. The molecule has 2 aromatic heterocycles. The number of morpholine rings is 1. The molecule has 1 fully saturated rings. The first-order valence-corrected chi connectivity index (χ1v) is 11.1. The highest BCUT2D eigenvalue weighted by Crippen LogP contribution is 2.29. The lowest BCUT2D eigenvalue weighted by molar-refractivity contribution is -0.122. The van der Waals surface area contributed by atoms with Gasteiger partial charge in [0.2, 0.25) is 5.91 Å². The van der Waals surface area contributed by atoms with E-state index in [-0.39, 0.29) is 11.3 Å². The van der Waals surface area contributed by atoms with Crippen molar-refractivity contribution < 1.29 is 9.53 Å². The second kappa shape index (κ2) is 9.30. The van der Waals surface area contributed by atoms with Gasteiger partial charge in [0, 0.05) is 31.3 Å². The van der Waals surface area contributed by atoms with Crippen molar-refractivity contribution in [1.82, 2.24) is 25.1 Å². The van der Waals surface area contributed by atoms with Crippen LogP contribution in [0.25, 0.3) is 11.0 Å². The third-order valence-electron chi connectivity index (χ3n) is 4.44. The zero-order valence-electron chi connectivity index (χ0n) is 18.1. The fraction of sp³-hybridized carbons (Fsp3) is 0.700. The number of fused-ring (bicyclic) bond motifs is 1. The molecule has 9 heteroatoms. The molecule has 160 valence electrons. The zero-order chi connectivity index (χ0) is 21.0. The van der Waals surface area contributed by atoms with Gasteiger partial charge in [-0.05, 0) is 5.41 Å². The fourth-order valence-corrected chi connectivity index (χ4v) is 3.91. The number of thioether (sulfide) groups is 1. The first kappa shape index (κ1) is 21.8. The summed E-state index contributed by atoms with van der Waals surface area (Å²) < 4.78 is 7.36. The van der Waals surface area contributed by atoms with Crippen LogP contribution in [-0.4, -0.2) is 63.8 Å². The normalized spacial score (nSPS) is 15.3. The minimum Gasteiger partial charge on any atom is -0.378 e. The molecular weight excluding hydrogens is 388 g/mol. The molecular formula is C20H32N6O2S. The Morgan fingerprint density at radius 3 is 2.66 bits per heavy atom. The van der Waals surface area contributed by atoms with Gasteiger partial charge in [-0.25, -0.2) is 14.6 Å². The summed E-state index contributed by atoms with van der Waals surface area (Å²) in [5, 5.41) is 9.62. The van der Waals surface area contributed by atoms with Crippen molar-refractivity contribution in [1.29, 1.82) is 0 Å². The Morgan fingerprint density at radius 1 is 1.28 bits per heavy atom. The molecule has 0 bridgehead atoms. The number of ether oxygens (including phenoxy) is 1. The van der Waals surface area contributed by atoms with Crippen molar-refractivity contribution >= 4 is 34.5 Å². The second-order valence-electron chi connectivity index (χ2n) is 8.79. The average Bonchev–Trinajstić information content (AvgIpc) is 3.03. The van der Waals surface area contributed by atoms with Gasteiger partial charge in [-0.2, -0.15) is 5.10 Å². The largest absolute Gasteiger partial charge is 0.378 e. The third kappa shape index (κ3) is 6.05. The molecule has 1 amide bonds. The predicted molar refractivity (Wildman–Crippen MR) is 116 cm³/mol. The summed E-state index contributed by atoms with van der Waals surface area (Å²) in [6.07, 6.45) is 2.34. The summed E-state index contributed by atoms with van der Waals surface area (Å²) in [5.41, 5.74) is 0.792. The molecule has 0 aliphatic carbocycles. The molecule has 0 unspecified atom stereocenters. The van der Waals surface area contributed by atoms with E-state index >= 15 is 0 Å². The number of nitrogens with one attached hydrogen (secondary N) is 1. The number of aromatic nitrogens is 4. The van der Waals surface area contributed by atoms with E-state index in [1.807, 2.05) is 10.9 Å². The van der Waals surface area contributed by atoms with Crippen molar-refractivity contribution in [3.05, 3.63) is 6.20 Å². The van der Waals surface area contributed by atoms with Crippen molar-refractivity contribution in [2.24, 2.45) is 5.41 Å². The highest BCUT2D eigenvalue weighted by atomic mass is 32.2. The Hall–Kier alpha value is -1.87. The maximum Gasteiger partial charge on any atom is 0.220 e. The molecule has 0 spiro atoms. The fourth-order valence-electron chi connectivity index (χ4n) is 3.21. The minimum absolute atomic E-state index is 0.0221. The monoisotopic (exact) mass is 420 g/mol. The number of amides is 1. The number of nitrogens with zero attached hydrogens (tertiary/aromatic N) is 5. The van der Waals surface area contributed by atoms with Gasteiger partial charge < -0.3 is 15.0 Å². The van der Waals surface area contributed by atoms with E-state index in [2.05, 4.69) is 49.9 Å². The summed E-state index contributed by atoms with van der Waals surface area (Å²) in [4.78, 5) is 23.9. The van der Waals surface area contributed by atoms with E-state index in [1.54, 1.807) is 11.8 Å². The molecule has 2 aromatic rings. The summed E-state index contributed by atoms with van der Waals surface area (Å²) in [6, 6.07) is 0. The average molecular weight is 421 g/mol. The van der Waals surface area contributed by atoms with Gasteiger partial charge in [-0.15, -0.1) is 0 Å². The van der Waals surface area contributed by atoms with E-state index in [1.165, 1.54) is 0 Å². The molecule has 1 saturated heterocycles. The van der Waals surface area contributed by atoms with Crippen LogP contribution in [0, 0.1) is 5.41 Å².